The molecule has 0 saturated carbocycles. The molecule has 96 valence electrons. The summed E-state index contributed by atoms with van der Waals surface area (Å²) in [6.07, 6.45) is 1.75. The van der Waals surface area contributed by atoms with Crippen LogP contribution in [0, 0.1) is 6.92 Å². The topological polar surface area (TPSA) is 37.6 Å². The van der Waals surface area contributed by atoms with E-state index in [4.69, 9.17) is 9.15 Å². The number of rotatable bonds is 5. The Morgan fingerprint density at radius 2 is 2.18 bits per heavy atom. The zero-order valence-corrected chi connectivity index (χ0v) is 10.7. The number of morpholine rings is 1. The zero-order chi connectivity index (χ0) is 12.1. The molecule has 0 amide bonds. The summed E-state index contributed by atoms with van der Waals surface area (Å²) in [5.74, 6) is 1.04. The van der Waals surface area contributed by atoms with Gasteiger partial charge in [-0.15, -0.1) is 0 Å². The van der Waals surface area contributed by atoms with Crippen molar-refractivity contribution in [2.75, 3.05) is 32.8 Å². The summed E-state index contributed by atoms with van der Waals surface area (Å²) in [6.45, 7) is 10.00. The number of aryl methyl sites for hydroxylation is 1. The monoisotopic (exact) mass is 238 g/mol. The molecule has 4 heteroatoms. The van der Waals surface area contributed by atoms with Crippen LogP contribution < -0.4 is 5.32 Å². The Kier molecular flexibility index (Phi) is 4.59. The molecule has 17 heavy (non-hydrogen) atoms. The van der Waals surface area contributed by atoms with Gasteiger partial charge in [-0.2, -0.15) is 0 Å². The van der Waals surface area contributed by atoms with Gasteiger partial charge < -0.3 is 14.5 Å². The van der Waals surface area contributed by atoms with Crippen LogP contribution in [-0.2, 0) is 11.3 Å². The first-order valence-corrected chi connectivity index (χ1v) is 6.32. The van der Waals surface area contributed by atoms with Crippen molar-refractivity contribution in [3.8, 4) is 0 Å². The molecule has 0 aliphatic carbocycles. The van der Waals surface area contributed by atoms with Gasteiger partial charge in [0.1, 0.15) is 5.76 Å². The molecule has 0 bridgehead atoms. The molecule has 1 aliphatic rings. The summed E-state index contributed by atoms with van der Waals surface area (Å²) in [5.41, 5.74) is 1.22. The Labute approximate surface area is 103 Å². The van der Waals surface area contributed by atoms with Crippen molar-refractivity contribution < 1.29 is 9.15 Å². The summed E-state index contributed by atoms with van der Waals surface area (Å²) >= 11 is 0. The molecule has 1 fully saturated rings. The summed E-state index contributed by atoms with van der Waals surface area (Å²) in [4.78, 5) is 2.44. The van der Waals surface area contributed by atoms with Crippen LogP contribution in [0.3, 0.4) is 0 Å². The van der Waals surface area contributed by atoms with Gasteiger partial charge >= 0.3 is 0 Å². The van der Waals surface area contributed by atoms with Crippen LogP contribution in [-0.4, -0.2) is 43.8 Å². The van der Waals surface area contributed by atoms with Crippen LogP contribution in [0.2, 0.25) is 0 Å². The third-order valence-electron chi connectivity index (χ3n) is 3.22. The largest absolute Gasteiger partial charge is 0.468 e. The molecule has 1 unspecified atom stereocenters. The van der Waals surface area contributed by atoms with Gasteiger partial charge in [0.2, 0.25) is 0 Å². The number of nitrogens with zero attached hydrogens (tertiary/aromatic N) is 1. The molecule has 0 radical (unpaired) electrons. The van der Waals surface area contributed by atoms with Crippen molar-refractivity contribution in [3.05, 3.63) is 23.7 Å². The van der Waals surface area contributed by atoms with Crippen LogP contribution in [0.25, 0.3) is 0 Å². The Morgan fingerprint density at radius 1 is 1.41 bits per heavy atom. The van der Waals surface area contributed by atoms with E-state index in [9.17, 15) is 0 Å². The van der Waals surface area contributed by atoms with E-state index in [1.165, 1.54) is 5.56 Å². The van der Waals surface area contributed by atoms with Crippen LogP contribution in [0.4, 0.5) is 0 Å². The predicted molar refractivity (Wildman–Crippen MR) is 67.0 cm³/mol. The van der Waals surface area contributed by atoms with E-state index in [0.29, 0.717) is 6.04 Å². The SMILES string of the molecule is Cc1ccoc1CNC(C)CN1CCOCC1. The fraction of sp³-hybridized carbons (Fsp3) is 0.692. The molecule has 2 rings (SSSR count). The number of hydrogen-bond donors (Lipinski definition) is 1. The molecule has 0 spiro atoms. The van der Waals surface area contributed by atoms with Gasteiger partial charge in [0.25, 0.3) is 0 Å². The third-order valence-corrected chi connectivity index (χ3v) is 3.22. The highest BCUT2D eigenvalue weighted by Crippen LogP contribution is 2.08. The van der Waals surface area contributed by atoms with E-state index >= 15 is 0 Å². The standard InChI is InChI=1S/C13H22N2O2/c1-11-3-6-17-13(11)9-14-12(2)10-15-4-7-16-8-5-15/h3,6,12,14H,4-5,7-10H2,1-2H3. The Balaban J connectivity index is 1.70. The van der Waals surface area contributed by atoms with Crippen molar-refractivity contribution >= 4 is 0 Å². The minimum atomic E-state index is 0.470. The number of furan rings is 1. The molecule has 2 heterocycles. The second-order valence-electron chi connectivity index (χ2n) is 4.72. The van der Waals surface area contributed by atoms with Crippen molar-refractivity contribution in [2.24, 2.45) is 0 Å². The Bertz CT molecular complexity index is 332. The average molecular weight is 238 g/mol. The molecule has 0 aromatic carbocycles. The minimum absolute atomic E-state index is 0.470. The molecule has 1 aliphatic heterocycles. The van der Waals surface area contributed by atoms with Crippen LogP contribution in [0.15, 0.2) is 16.7 Å². The van der Waals surface area contributed by atoms with E-state index in [1.54, 1.807) is 6.26 Å². The fourth-order valence-corrected chi connectivity index (χ4v) is 2.09. The van der Waals surface area contributed by atoms with E-state index in [-0.39, 0.29) is 0 Å². The zero-order valence-electron chi connectivity index (χ0n) is 10.7. The predicted octanol–water partition coefficient (Wildman–Crippen LogP) is 1.40. The number of ether oxygens (including phenoxy) is 1. The highest BCUT2D eigenvalue weighted by atomic mass is 16.5. The molecule has 1 aromatic rings. The first-order valence-electron chi connectivity index (χ1n) is 6.32. The molecule has 4 nitrogen and oxygen atoms in total. The van der Waals surface area contributed by atoms with Crippen molar-refractivity contribution in [2.45, 2.75) is 26.4 Å². The Morgan fingerprint density at radius 3 is 2.82 bits per heavy atom. The van der Waals surface area contributed by atoms with Gasteiger partial charge in [-0.05, 0) is 25.5 Å². The van der Waals surface area contributed by atoms with E-state index in [1.807, 2.05) is 6.07 Å². The van der Waals surface area contributed by atoms with Gasteiger partial charge in [-0.25, -0.2) is 0 Å². The highest BCUT2D eigenvalue weighted by molar-refractivity contribution is 5.14. The molecule has 1 N–H and O–H groups in total. The van der Waals surface area contributed by atoms with Crippen LogP contribution in [0.5, 0.6) is 0 Å². The van der Waals surface area contributed by atoms with Crippen LogP contribution in [0.1, 0.15) is 18.2 Å². The van der Waals surface area contributed by atoms with Gasteiger partial charge in [0, 0.05) is 25.7 Å². The summed E-state index contributed by atoms with van der Waals surface area (Å²) < 4.78 is 10.7. The lowest BCUT2D eigenvalue weighted by atomic mass is 10.2. The fourth-order valence-electron chi connectivity index (χ4n) is 2.09. The van der Waals surface area contributed by atoms with Gasteiger partial charge in [0.05, 0.1) is 26.0 Å². The van der Waals surface area contributed by atoms with Crippen molar-refractivity contribution in [3.63, 3.8) is 0 Å². The average Bonchev–Trinajstić information content (AvgIpc) is 2.74. The quantitative estimate of drug-likeness (QED) is 0.841. The van der Waals surface area contributed by atoms with E-state index in [0.717, 1.165) is 45.2 Å². The summed E-state index contributed by atoms with van der Waals surface area (Å²) in [5, 5.41) is 3.50. The summed E-state index contributed by atoms with van der Waals surface area (Å²) in [7, 11) is 0. The van der Waals surface area contributed by atoms with Gasteiger partial charge in [-0.3, -0.25) is 4.90 Å². The maximum absolute atomic E-state index is 5.41. The smallest absolute Gasteiger partial charge is 0.120 e. The first-order chi connectivity index (χ1) is 8.25. The number of hydrogen-bond acceptors (Lipinski definition) is 4. The number of nitrogens with one attached hydrogen (secondary N) is 1. The molecular formula is C13H22N2O2. The molecule has 1 atom stereocenters. The molecule has 1 saturated heterocycles. The highest BCUT2D eigenvalue weighted by Gasteiger charge is 2.13. The first kappa shape index (κ1) is 12.6. The van der Waals surface area contributed by atoms with Crippen molar-refractivity contribution in [1.29, 1.82) is 0 Å². The van der Waals surface area contributed by atoms with E-state index < -0.39 is 0 Å². The maximum Gasteiger partial charge on any atom is 0.120 e. The molecular weight excluding hydrogens is 216 g/mol. The third kappa shape index (κ3) is 3.84. The minimum Gasteiger partial charge on any atom is -0.468 e. The second-order valence-corrected chi connectivity index (χ2v) is 4.72. The normalized spacial score (nSPS) is 19.4. The lowest BCUT2D eigenvalue weighted by molar-refractivity contribution is 0.0342. The maximum atomic E-state index is 5.41. The molecule has 1 aromatic heterocycles. The summed E-state index contributed by atoms with van der Waals surface area (Å²) in [6, 6.07) is 2.47. The lowest BCUT2D eigenvalue weighted by Crippen LogP contribution is -2.44. The Hall–Kier alpha value is -0.840. The van der Waals surface area contributed by atoms with Crippen LogP contribution >= 0.6 is 0 Å². The van der Waals surface area contributed by atoms with Gasteiger partial charge in [0.15, 0.2) is 0 Å². The van der Waals surface area contributed by atoms with Crippen molar-refractivity contribution in [1.82, 2.24) is 10.2 Å². The lowest BCUT2D eigenvalue weighted by Gasteiger charge is -2.29. The van der Waals surface area contributed by atoms with E-state index in [2.05, 4.69) is 24.1 Å². The van der Waals surface area contributed by atoms with Gasteiger partial charge in [-0.1, -0.05) is 0 Å². The second kappa shape index (κ2) is 6.19.